The van der Waals surface area contributed by atoms with Crippen molar-refractivity contribution in [3.05, 3.63) is 48.5 Å². The number of hydrogen-bond donors (Lipinski definition) is 0. The van der Waals surface area contributed by atoms with E-state index in [-0.39, 0.29) is 0 Å². The molecule has 0 heterocycles. The van der Waals surface area contributed by atoms with Gasteiger partial charge in [-0.2, -0.15) is 0 Å². The van der Waals surface area contributed by atoms with E-state index < -0.39 is 0 Å². The minimum Gasteiger partial charge on any atom is -0.0890 e. The predicted molar refractivity (Wildman–Crippen MR) is 72.2 cm³/mol. The van der Waals surface area contributed by atoms with Crippen LogP contribution >= 0.6 is 0 Å². The first-order valence-corrected chi connectivity index (χ1v) is 5.22. The highest BCUT2D eigenvalue weighted by molar-refractivity contribution is 6.41. The van der Waals surface area contributed by atoms with Crippen LogP contribution in [0.15, 0.2) is 48.5 Å². The van der Waals surface area contributed by atoms with Gasteiger partial charge in [0, 0.05) is 0 Å². The summed E-state index contributed by atoms with van der Waals surface area (Å²) in [6.45, 7) is 0. The third-order valence-corrected chi connectivity index (χ3v) is 2.95. The summed E-state index contributed by atoms with van der Waals surface area (Å²) in [7, 11) is 11.9. The van der Waals surface area contributed by atoms with Crippen molar-refractivity contribution >= 4 is 48.2 Å². The zero-order chi connectivity index (χ0) is 11.1. The Bertz CT molecular complexity index is 630. The fraction of sp³-hybridized carbons (Fsp3) is 0. The minimum absolute atomic E-state index is 0.794. The third-order valence-electron chi connectivity index (χ3n) is 2.95. The molecule has 0 amide bonds. The summed E-state index contributed by atoms with van der Waals surface area (Å²) in [5.41, 5.74) is 1.59. The van der Waals surface area contributed by atoms with Crippen molar-refractivity contribution in [2.24, 2.45) is 0 Å². The summed E-state index contributed by atoms with van der Waals surface area (Å²) in [6, 6.07) is 16.1. The smallest absolute Gasteiger partial charge is 0.0890 e. The van der Waals surface area contributed by atoms with Crippen molar-refractivity contribution in [2.75, 3.05) is 0 Å². The fourth-order valence-corrected chi connectivity index (χ4v) is 2.10. The average molecular weight is 198 g/mol. The van der Waals surface area contributed by atoms with Crippen LogP contribution in [0.5, 0.6) is 0 Å². The van der Waals surface area contributed by atoms with Gasteiger partial charge in [-0.1, -0.05) is 47.3 Å². The number of fused-ring (bicyclic) bond motifs is 2. The van der Waals surface area contributed by atoms with Gasteiger partial charge in [-0.15, -0.1) is 0 Å². The molecule has 0 nitrogen and oxygen atoms in total. The molecule has 3 rings (SSSR count). The van der Waals surface area contributed by atoms with Gasteiger partial charge in [0.15, 0.2) is 0 Å². The predicted octanol–water partition coefficient (Wildman–Crippen LogP) is 1.58. The van der Waals surface area contributed by atoms with Gasteiger partial charge in [0.25, 0.3) is 0 Å². The second-order valence-electron chi connectivity index (χ2n) is 3.99. The second-order valence-corrected chi connectivity index (χ2v) is 3.99. The van der Waals surface area contributed by atoms with Gasteiger partial charge in [-0.25, -0.2) is 0 Å². The quantitative estimate of drug-likeness (QED) is 0.380. The Morgan fingerprint density at radius 2 is 1.12 bits per heavy atom. The van der Waals surface area contributed by atoms with E-state index in [4.69, 9.17) is 15.7 Å². The van der Waals surface area contributed by atoms with Gasteiger partial charge in [0.1, 0.15) is 15.7 Å². The van der Waals surface area contributed by atoms with Gasteiger partial charge in [0.2, 0.25) is 0 Å². The molecule has 0 atom stereocenters. The van der Waals surface area contributed by atoms with Crippen LogP contribution in [-0.2, 0) is 0 Å². The lowest BCUT2D eigenvalue weighted by Gasteiger charge is -2.07. The van der Waals surface area contributed by atoms with Crippen molar-refractivity contribution in [2.45, 2.75) is 0 Å². The van der Waals surface area contributed by atoms with Crippen molar-refractivity contribution in [3.8, 4) is 0 Å². The van der Waals surface area contributed by atoms with E-state index in [1.807, 2.05) is 24.3 Å². The Morgan fingerprint density at radius 3 is 1.62 bits per heavy atom. The topological polar surface area (TPSA) is 0 Å². The average Bonchev–Trinajstić information content (AvgIpc) is 2.28. The van der Waals surface area contributed by atoms with E-state index >= 15 is 0 Å². The SMILES string of the molecule is [B]c1cccc2cc3cccc([B])c3cc12. The molecule has 0 aliphatic heterocycles. The highest BCUT2D eigenvalue weighted by Crippen LogP contribution is 2.19. The van der Waals surface area contributed by atoms with E-state index in [0.717, 1.165) is 32.5 Å². The first-order chi connectivity index (χ1) is 7.75. The molecule has 2 heteroatoms. The van der Waals surface area contributed by atoms with E-state index in [1.54, 1.807) is 0 Å². The second kappa shape index (κ2) is 3.41. The lowest BCUT2D eigenvalue weighted by molar-refractivity contribution is 1.82. The Hall–Kier alpha value is -1.69. The normalized spacial score (nSPS) is 11.0. The zero-order valence-electron chi connectivity index (χ0n) is 8.77. The van der Waals surface area contributed by atoms with E-state index in [0.29, 0.717) is 0 Å². The number of rotatable bonds is 0. The molecule has 0 N–H and O–H groups in total. The molecule has 0 spiro atoms. The van der Waals surface area contributed by atoms with Crippen molar-refractivity contribution in [1.82, 2.24) is 0 Å². The van der Waals surface area contributed by atoms with Gasteiger partial charge < -0.3 is 0 Å². The van der Waals surface area contributed by atoms with Gasteiger partial charge in [0.05, 0.1) is 0 Å². The van der Waals surface area contributed by atoms with Crippen molar-refractivity contribution in [3.63, 3.8) is 0 Å². The molecule has 16 heavy (non-hydrogen) atoms. The highest BCUT2D eigenvalue weighted by Gasteiger charge is 2.01. The van der Waals surface area contributed by atoms with Gasteiger partial charge >= 0.3 is 0 Å². The molecule has 0 aromatic heterocycles. The van der Waals surface area contributed by atoms with Crippen LogP contribution in [0.2, 0.25) is 0 Å². The zero-order valence-corrected chi connectivity index (χ0v) is 8.77. The van der Waals surface area contributed by atoms with Crippen LogP contribution in [0.1, 0.15) is 0 Å². The molecule has 3 aromatic carbocycles. The Labute approximate surface area is 97.1 Å². The van der Waals surface area contributed by atoms with Crippen LogP contribution in [0.25, 0.3) is 21.5 Å². The molecule has 0 aliphatic rings. The maximum absolute atomic E-state index is 5.96. The third kappa shape index (κ3) is 1.34. The largest absolute Gasteiger partial charge is 0.114 e. The summed E-state index contributed by atoms with van der Waals surface area (Å²) < 4.78 is 0. The molecule has 0 unspecified atom stereocenters. The monoisotopic (exact) mass is 198 g/mol. The lowest BCUT2D eigenvalue weighted by atomic mass is 9.85. The lowest BCUT2D eigenvalue weighted by Crippen LogP contribution is -2.06. The summed E-state index contributed by atoms with van der Waals surface area (Å²) in [4.78, 5) is 0. The van der Waals surface area contributed by atoms with Gasteiger partial charge in [-0.3, -0.25) is 0 Å². The standard InChI is InChI=1S/C14H8B2/c15-13-5-1-3-9-7-10-4-2-6-14(16)12(10)8-11(9)13/h1-8H. The molecule has 0 saturated carbocycles. The molecular weight excluding hydrogens is 190 g/mol. The van der Waals surface area contributed by atoms with Crippen LogP contribution < -0.4 is 10.9 Å². The maximum Gasteiger partial charge on any atom is 0.114 e. The molecule has 3 aromatic rings. The van der Waals surface area contributed by atoms with Crippen LogP contribution in [0.4, 0.5) is 0 Å². The summed E-state index contributed by atoms with van der Waals surface area (Å²) in [5, 5.41) is 4.43. The Balaban J connectivity index is 2.55. The maximum atomic E-state index is 5.96. The molecule has 0 saturated heterocycles. The minimum atomic E-state index is 0.794. The molecule has 0 fully saturated rings. The summed E-state index contributed by atoms with van der Waals surface area (Å²) in [5.74, 6) is 0. The van der Waals surface area contributed by atoms with Crippen LogP contribution in [0, 0.1) is 0 Å². The fourth-order valence-electron chi connectivity index (χ4n) is 2.10. The number of benzene rings is 3. The van der Waals surface area contributed by atoms with Crippen molar-refractivity contribution in [1.29, 1.82) is 0 Å². The van der Waals surface area contributed by atoms with E-state index in [1.165, 1.54) is 0 Å². The van der Waals surface area contributed by atoms with E-state index in [2.05, 4.69) is 24.3 Å². The Kier molecular flexibility index (Phi) is 2.03. The van der Waals surface area contributed by atoms with Gasteiger partial charge in [-0.05, 0) is 33.7 Å². The summed E-state index contributed by atoms with van der Waals surface area (Å²) in [6.07, 6.45) is 0. The Morgan fingerprint density at radius 1 is 0.625 bits per heavy atom. The first-order valence-electron chi connectivity index (χ1n) is 5.22. The first kappa shape index (κ1) is 9.53. The van der Waals surface area contributed by atoms with Crippen LogP contribution in [0.3, 0.4) is 0 Å². The highest BCUT2D eigenvalue weighted by atomic mass is 14.0. The van der Waals surface area contributed by atoms with Crippen molar-refractivity contribution < 1.29 is 0 Å². The summed E-state index contributed by atoms with van der Waals surface area (Å²) >= 11 is 0. The molecule has 0 bridgehead atoms. The molecule has 4 radical (unpaired) electrons. The van der Waals surface area contributed by atoms with Crippen LogP contribution in [-0.4, -0.2) is 15.7 Å². The molecule has 70 valence electrons. The molecular formula is C14H8B2. The molecule has 0 aliphatic carbocycles. The van der Waals surface area contributed by atoms with E-state index in [9.17, 15) is 0 Å². The number of hydrogen-bond acceptors (Lipinski definition) is 0.